The lowest BCUT2D eigenvalue weighted by molar-refractivity contribution is 0.273. The van der Waals surface area contributed by atoms with Crippen molar-refractivity contribution in [2.24, 2.45) is 0 Å². The fourth-order valence-electron chi connectivity index (χ4n) is 1.20. The molecule has 0 saturated carbocycles. The highest BCUT2D eigenvalue weighted by Gasteiger charge is 2.24. The summed E-state index contributed by atoms with van der Waals surface area (Å²) in [6, 6.07) is 9.39. The van der Waals surface area contributed by atoms with Gasteiger partial charge >= 0.3 is 7.60 Å². The molecule has 0 N–H and O–H groups in total. The molecule has 1 unspecified atom stereocenters. The van der Waals surface area contributed by atoms with Crippen LogP contribution >= 0.6 is 7.60 Å². The maximum absolute atomic E-state index is 12.2. The molecule has 1 aromatic rings. The van der Waals surface area contributed by atoms with E-state index in [1.807, 2.05) is 30.3 Å². The van der Waals surface area contributed by atoms with Gasteiger partial charge in [0, 0.05) is 0 Å². The van der Waals surface area contributed by atoms with E-state index >= 15 is 0 Å². The van der Waals surface area contributed by atoms with E-state index in [1.54, 1.807) is 0 Å². The van der Waals surface area contributed by atoms with Crippen LogP contribution in [0.5, 0.6) is 0 Å². The van der Waals surface area contributed by atoms with Crippen molar-refractivity contribution in [3.8, 4) is 0 Å². The molecular formula is C12H15O3P. The van der Waals surface area contributed by atoms with Crippen LogP contribution in [-0.4, -0.2) is 6.61 Å². The lowest BCUT2D eigenvalue weighted by atomic mass is 10.2. The third-order valence-electron chi connectivity index (χ3n) is 1.84. The van der Waals surface area contributed by atoms with Crippen molar-refractivity contribution in [2.45, 2.75) is 6.16 Å². The number of benzene rings is 1. The zero-order chi connectivity index (χ0) is 11.9. The van der Waals surface area contributed by atoms with Crippen molar-refractivity contribution in [2.75, 3.05) is 6.61 Å². The maximum atomic E-state index is 12.2. The molecule has 0 fully saturated rings. The first kappa shape index (κ1) is 12.8. The van der Waals surface area contributed by atoms with Crippen molar-refractivity contribution in [3.63, 3.8) is 0 Å². The Bertz CT molecular complexity index is 387. The molecule has 1 rings (SSSR count). The van der Waals surface area contributed by atoms with E-state index < -0.39 is 7.60 Å². The third-order valence-corrected chi connectivity index (χ3v) is 3.61. The third kappa shape index (κ3) is 4.05. The zero-order valence-electron chi connectivity index (χ0n) is 9.04. The Morgan fingerprint density at radius 1 is 1.25 bits per heavy atom. The number of rotatable bonds is 7. The molecule has 1 atom stereocenters. The Hall–Kier alpha value is -1.31. The van der Waals surface area contributed by atoms with Gasteiger partial charge in [-0.05, 0) is 5.56 Å². The van der Waals surface area contributed by atoms with Crippen molar-refractivity contribution < 1.29 is 13.6 Å². The summed E-state index contributed by atoms with van der Waals surface area (Å²) >= 11 is 0. The predicted octanol–water partition coefficient (Wildman–Crippen LogP) is 3.74. The molecule has 0 spiro atoms. The minimum Gasteiger partial charge on any atom is -0.433 e. The van der Waals surface area contributed by atoms with Gasteiger partial charge in [0.15, 0.2) is 0 Å². The first-order valence-corrected chi connectivity index (χ1v) is 6.61. The summed E-state index contributed by atoms with van der Waals surface area (Å²) in [5.41, 5.74) is 0.900. The fourth-order valence-corrected chi connectivity index (χ4v) is 2.64. The Morgan fingerprint density at radius 3 is 2.50 bits per heavy atom. The molecule has 0 aliphatic carbocycles. The van der Waals surface area contributed by atoms with Crippen LogP contribution in [0.25, 0.3) is 0 Å². The smallest absolute Gasteiger partial charge is 0.383 e. The van der Waals surface area contributed by atoms with Gasteiger partial charge in [-0.1, -0.05) is 43.0 Å². The van der Waals surface area contributed by atoms with Gasteiger partial charge in [-0.15, -0.1) is 6.58 Å². The van der Waals surface area contributed by atoms with Crippen molar-refractivity contribution in [3.05, 3.63) is 61.4 Å². The molecule has 86 valence electrons. The van der Waals surface area contributed by atoms with Gasteiger partial charge in [-0.25, -0.2) is 4.57 Å². The molecule has 1 aromatic carbocycles. The molecule has 0 aliphatic heterocycles. The van der Waals surface area contributed by atoms with E-state index in [1.165, 1.54) is 6.08 Å². The summed E-state index contributed by atoms with van der Waals surface area (Å²) in [4.78, 5) is 0. The fraction of sp³-hybridized carbons (Fsp3) is 0.167. The quantitative estimate of drug-likeness (QED) is 0.412. The summed E-state index contributed by atoms with van der Waals surface area (Å²) in [6.07, 6.45) is 2.91. The van der Waals surface area contributed by atoms with E-state index in [2.05, 4.69) is 13.2 Å². The van der Waals surface area contributed by atoms with Crippen LogP contribution in [0.3, 0.4) is 0 Å². The first-order valence-electron chi connectivity index (χ1n) is 4.88. The number of hydrogen-bond acceptors (Lipinski definition) is 3. The Morgan fingerprint density at radius 2 is 1.94 bits per heavy atom. The Balaban J connectivity index is 2.74. The van der Waals surface area contributed by atoms with Crippen LogP contribution in [0.4, 0.5) is 0 Å². The van der Waals surface area contributed by atoms with Gasteiger partial charge < -0.3 is 4.52 Å². The topological polar surface area (TPSA) is 35.5 Å². The maximum Gasteiger partial charge on any atom is 0.383 e. The normalized spacial score (nSPS) is 13.8. The standard InChI is InChI=1S/C12H15O3P/c1-3-10-15-16(13,14-4-2)11-12-8-6-5-7-9-12/h3-9H,1-2,10-11H2. The molecule has 0 heterocycles. The summed E-state index contributed by atoms with van der Waals surface area (Å²) in [5.74, 6) is 0. The Kier molecular flexibility index (Phi) is 5.03. The van der Waals surface area contributed by atoms with Gasteiger partial charge in [0.2, 0.25) is 0 Å². The molecule has 0 aliphatic rings. The van der Waals surface area contributed by atoms with Gasteiger partial charge in [0.25, 0.3) is 0 Å². The van der Waals surface area contributed by atoms with Crippen LogP contribution in [0.2, 0.25) is 0 Å². The van der Waals surface area contributed by atoms with E-state index in [-0.39, 0.29) is 12.8 Å². The van der Waals surface area contributed by atoms with E-state index in [4.69, 9.17) is 9.05 Å². The van der Waals surface area contributed by atoms with Crippen LogP contribution < -0.4 is 0 Å². The lowest BCUT2D eigenvalue weighted by Gasteiger charge is -2.16. The predicted molar refractivity (Wildman–Crippen MR) is 65.2 cm³/mol. The van der Waals surface area contributed by atoms with Gasteiger partial charge in [-0.3, -0.25) is 4.52 Å². The minimum absolute atomic E-state index is 0.192. The Labute approximate surface area is 95.9 Å². The first-order chi connectivity index (χ1) is 7.70. The van der Waals surface area contributed by atoms with Gasteiger partial charge in [0.1, 0.15) is 0 Å². The van der Waals surface area contributed by atoms with E-state index in [0.717, 1.165) is 11.8 Å². The highest BCUT2D eigenvalue weighted by atomic mass is 31.2. The van der Waals surface area contributed by atoms with Crippen molar-refractivity contribution in [1.82, 2.24) is 0 Å². The molecule has 3 nitrogen and oxygen atoms in total. The molecule has 0 saturated heterocycles. The lowest BCUT2D eigenvalue weighted by Crippen LogP contribution is -1.96. The molecule has 0 bridgehead atoms. The second kappa shape index (κ2) is 6.31. The summed E-state index contributed by atoms with van der Waals surface area (Å²) < 4.78 is 22.3. The van der Waals surface area contributed by atoms with E-state index in [9.17, 15) is 4.57 Å². The average molecular weight is 238 g/mol. The molecule has 16 heavy (non-hydrogen) atoms. The van der Waals surface area contributed by atoms with Crippen LogP contribution in [-0.2, 0) is 19.8 Å². The minimum atomic E-state index is -3.15. The molecular weight excluding hydrogens is 223 g/mol. The second-order valence-corrected chi connectivity index (χ2v) is 5.12. The number of hydrogen-bond donors (Lipinski definition) is 0. The summed E-state index contributed by atoms with van der Waals surface area (Å²) in [6.45, 7) is 7.09. The van der Waals surface area contributed by atoms with Crippen molar-refractivity contribution >= 4 is 7.60 Å². The van der Waals surface area contributed by atoms with Gasteiger partial charge in [0.05, 0.1) is 19.0 Å². The zero-order valence-corrected chi connectivity index (χ0v) is 9.94. The highest BCUT2D eigenvalue weighted by molar-refractivity contribution is 7.53. The average Bonchev–Trinajstić information content (AvgIpc) is 2.28. The van der Waals surface area contributed by atoms with Crippen LogP contribution in [0.1, 0.15) is 5.56 Å². The second-order valence-electron chi connectivity index (χ2n) is 3.11. The monoisotopic (exact) mass is 238 g/mol. The molecule has 4 heteroatoms. The highest BCUT2D eigenvalue weighted by Crippen LogP contribution is 2.51. The van der Waals surface area contributed by atoms with E-state index in [0.29, 0.717) is 0 Å². The van der Waals surface area contributed by atoms with Gasteiger partial charge in [-0.2, -0.15) is 0 Å². The SMILES string of the molecule is C=CCOP(=O)(Cc1ccccc1)OC=C. The van der Waals surface area contributed by atoms with Crippen LogP contribution in [0.15, 0.2) is 55.8 Å². The summed E-state index contributed by atoms with van der Waals surface area (Å²) in [7, 11) is -3.15. The summed E-state index contributed by atoms with van der Waals surface area (Å²) in [5, 5.41) is 0. The molecule has 0 aromatic heterocycles. The molecule has 0 radical (unpaired) electrons. The van der Waals surface area contributed by atoms with Crippen LogP contribution in [0, 0.1) is 0 Å². The molecule has 0 amide bonds. The van der Waals surface area contributed by atoms with Crippen molar-refractivity contribution in [1.29, 1.82) is 0 Å². The largest absolute Gasteiger partial charge is 0.433 e.